The highest BCUT2D eigenvalue weighted by Crippen LogP contribution is 2.30. The van der Waals surface area contributed by atoms with Crippen LogP contribution in [-0.4, -0.2) is 24.6 Å². The molecule has 0 bridgehead atoms. The highest BCUT2D eigenvalue weighted by molar-refractivity contribution is 5.97. The van der Waals surface area contributed by atoms with Crippen LogP contribution in [0, 0.1) is 5.92 Å². The molecule has 0 aliphatic heterocycles. The normalized spacial score (nSPS) is 14.4. The van der Waals surface area contributed by atoms with Crippen LogP contribution in [0.5, 0.6) is 11.5 Å². The van der Waals surface area contributed by atoms with Gasteiger partial charge in [0.25, 0.3) is 5.91 Å². The summed E-state index contributed by atoms with van der Waals surface area (Å²) in [4.78, 5) is 16.9. The van der Waals surface area contributed by atoms with Crippen LogP contribution in [0.2, 0.25) is 0 Å². The Morgan fingerprint density at radius 1 is 1.07 bits per heavy atom. The van der Waals surface area contributed by atoms with Gasteiger partial charge in [-0.05, 0) is 60.7 Å². The second-order valence-corrected chi connectivity index (χ2v) is 7.89. The molecule has 3 aromatic rings. The first-order chi connectivity index (χ1) is 14.7. The van der Waals surface area contributed by atoms with E-state index in [2.05, 4.69) is 10.3 Å². The van der Waals surface area contributed by atoms with Crippen LogP contribution < -0.4 is 14.8 Å². The molecule has 1 amide bonds. The third-order valence-corrected chi connectivity index (χ3v) is 5.75. The van der Waals surface area contributed by atoms with Crippen molar-refractivity contribution in [3.63, 3.8) is 0 Å². The molecule has 2 aromatic carbocycles. The van der Waals surface area contributed by atoms with Gasteiger partial charge in [-0.2, -0.15) is 0 Å². The van der Waals surface area contributed by atoms with E-state index < -0.39 is 0 Å². The van der Waals surface area contributed by atoms with E-state index in [1.54, 1.807) is 19.4 Å². The SMILES string of the molecule is COc1cc(CNC(=O)c2ccc3ncccc3c2)ccc1OCC1CCCCC1. The molecular weight excluding hydrogens is 376 g/mol. The second-order valence-electron chi connectivity index (χ2n) is 7.89. The van der Waals surface area contributed by atoms with Crippen LogP contribution in [0.3, 0.4) is 0 Å². The number of fused-ring (bicyclic) bond motifs is 1. The van der Waals surface area contributed by atoms with Gasteiger partial charge in [-0.25, -0.2) is 0 Å². The van der Waals surface area contributed by atoms with Gasteiger partial charge in [-0.3, -0.25) is 9.78 Å². The third kappa shape index (κ3) is 4.90. The minimum atomic E-state index is -0.114. The topological polar surface area (TPSA) is 60.5 Å². The first-order valence-corrected chi connectivity index (χ1v) is 10.7. The smallest absolute Gasteiger partial charge is 0.251 e. The van der Waals surface area contributed by atoms with Crippen LogP contribution in [0.4, 0.5) is 0 Å². The van der Waals surface area contributed by atoms with Crippen molar-refractivity contribution in [3.8, 4) is 11.5 Å². The maximum Gasteiger partial charge on any atom is 0.251 e. The molecule has 5 heteroatoms. The zero-order valence-corrected chi connectivity index (χ0v) is 17.4. The van der Waals surface area contributed by atoms with E-state index in [1.165, 1.54) is 32.1 Å². The van der Waals surface area contributed by atoms with Crippen molar-refractivity contribution < 1.29 is 14.3 Å². The minimum absolute atomic E-state index is 0.114. The molecule has 1 heterocycles. The van der Waals surface area contributed by atoms with Crippen LogP contribution in [0.1, 0.15) is 48.0 Å². The highest BCUT2D eigenvalue weighted by atomic mass is 16.5. The maximum atomic E-state index is 12.6. The van der Waals surface area contributed by atoms with Gasteiger partial charge in [-0.15, -0.1) is 0 Å². The summed E-state index contributed by atoms with van der Waals surface area (Å²) in [6.45, 7) is 1.16. The molecule has 0 spiro atoms. The molecular formula is C25H28N2O3. The number of carbonyl (C=O) groups excluding carboxylic acids is 1. The minimum Gasteiger partial charge on any atom is -0.493 e. The average molecular weight is 405 g/mol. The van der Waals surface area contributed by atoms with E-state index in [9.17, 15) is 4.79 Å². The van der Waals surface area contributed by atoms with Gasteiger partial charge in [0.2, 0.25) is 0 Å². The molecule has 1 aliphatic rings. The van der Waals surface area contributed by atoms with Gasteiger partial charge in [0.1, 0.15) is 0 Å². The summed E-state index contributed by atoms with van der Waals surface area (Å²) < 4.78 is 11.6. The first kappa shape index (κ1) is 20.2. The molecule has 4 rings (SSSR count). The zero-order valence-electron chi connectivity index (χ0n) is 17.4. The standard InChI is InChI=1S/C25H28N2O3/c1-29-24-14-19(9-12-23(24)30-17-18-6-3-2-4-7-18)16-27-25(28)21-10-11-22-20(15-21)8-5-13-26-22/h5,8-15,18H,2-4,6-7,16-17H2,1H3,(H,27,28). The molecule has 1 fully saturated rings. The van der Waals surface area contributed by atoms with E-state index >= 15 is 0 Å². The number of carbonyl (C=O) groups is 1. The Labute approximate surface area is 177 Å². The number of hydrogen-bond acceptors (Lipinski definition) is 4. The summed E-state index contributed by atoms with van der Waals surface area (Å²) in [5, 5.41) is 3.93. The number of hydrogen-bond donors (Lipinski definition) is 1. The maximum absolute atomic E-state index is 12.6. The van der Waals surface area contributed by atoms with Gasteiger partial charge in [0, 0.05) is 23.7 Å². The van der Waals surface area contributed by atoms with Gasteiger partial charge >= 0.3 is 0 Å². The Morgan fingerprint density at radius 2 is 1.93 bits per heavy atom. The van der Waals surface area contributed by atoms with Crippen molar-refractivity contribution in [2.75, 3.05) is 13.7 Å². The third-order valence-electron chi connectivity index (χ3n) is 5.75. The number of rotatable bonds is 7. The second kappa shape index (κ2) is 9.61. The van der Waals surface area contributed by atoms with E-state index in [0.717, 1.165) is 28.8 Å². The number of nitrogens with one attached hydrogen (secondary N) is 1. The van der Waals surface area contributed by atoms with Crippen LogP contribution in [0.15, 0.2) is 54.7 Å². The van der Waals surface area contributed by atoms with Crippen LogP contribution in [0.25, 0.3) is 10.9 Å². The number of nitrogens with zero attached hydrogens (tertiary/aromatic N) is 1. The molecule has 1 saturated carbocycles. The summed E-state index contributed by atoms with van der Waals surface area (Å²) in [6, 6.07) is 15.2. The summed E-state index contributed by atoms with van der Waals surface area (Å²) in [7, 11) is 1.65. The number of benzene rings is 2. The Kier molecular flexibility index (Phi) is 6.47. The lowest BCUT2D eigenvalue weighted by Gasteiger charge is -2.22. The van der Waals surface area contributed by atoms with Crippen molar-refractivity contribution in [2.45, 2.75) is 38.6 Å². The molecule has 0 unspecified atom stereocenters. The van der Waals surface area contributed by atoms with Gasteiger partial charge < -0.3 is 14.8 Å². The predicted molar refractivity (Wildman–Crippen MR) is 118 cm³/mol. The van der Waals surface area contributed by atoms with E-state index in [0.29, 0.717) is 23.8 Å². The molecule has 1 N–H and O–H groups in total. The quantitative estimate of drug-likeness (QED) is 0.593. The van der Waals surface area contributed by atoms with Crippen molar-refractivity contribution in [3.05, 3.63) is 65.9 Å². The Morgan fingerprint density at radius 3 is 2.77 bits per heavy atom. The summed E-state index contributed by atoms with van der Waals surface area (Å²) in [5.41, 5.74) is 2.46. The lowest BCUT2D eigenvalue weighted by molar-refractivity contribution is 0.0951. The fourth-order valence-electron chi connectivity index (χ4n) is 4.00. The lowest BCUT2D eigenvalue weighted by Crippen LogP contribution is -2.22. The molecule has 1 aromatic heterocycles. The Bertz CT molecular complexity index is 1010. The highest BCUT2D eigenvalue weighted by Gasteiger charge is 2.15. The molecule has 0 saturated heterocycles. The molecule has 156 valence electrons. The number of methoxy groups -OCH3 is 1. The largest absolute Gasteiger partial charge is 0.493 e. The van der Waals surface area contributed by atoms with Gasteiger partial charge in [0.05, 0.1) is 19.2 Å². The van der Waals surface area contributed by atoms with Crippen molar-refractivity contribution in [1.29, 1.82) is 0 Å². The first-order valence-electron chi connectivity index (χ1n) is 10.7. The number of amides is 1. The van der Waals surface area contributed by atoms with E-state index in [-0.39, 0.29) is 5.91 Å². The lowest BCUT2D eigenvalue weighted by atomic mass is 9.90. The number of aromatic nitrogens is 1. The van der Waals surface area contributed by atoms with E-state index in [4.69, 9.17) is 9.47 Å². The van der Waals surface area contributed by atoms with Crippen LogP contribution >= 0.6 is 0 Å². The van der Waals surface area contributed by atoms with Crippen molar-refractivity contribution in [2.24, 2.45) is 5.92 Å². The van der Waals surface area contributed by atoms with Crippen LogP contribution in [-0.2, 0) is 6.54 Å². The summed E-state index contributed by atoms with van der Waals surface area (Å²) >= 11 is 0. The van der Waals surface area contributed by atoms with E-state index in [1.807, 2.05) is 42.5 Å². The fraction of sp³-hybridized carbons (Fsp3) is 0.360. The number of pyridine rings is 1. The molecule has 0 atom stereocenters. The van der Waals surface area contributed by atoms with Gasteiger partial charge in [0.15, 0.2) is 11.5 Å². The molecule has 30 heavy (non-hydrogen) atoms. The molecule has 1 aliphatic carbocycles. The monoisotopic (exact) mass is 404 g/mol. The molecule has 0 radical (unpaired) electrons. The predicted octanol–water partition coefficient (Wildman–Crippen LogP) is 5.13. The number of ether oxygens (including phenoxy) is 2. The zero-order chi connectivity index (χ0) is 20.8. The van der Waals surface area contributed by atoms with Gasteiger partial charge in [-0.1, -0.05) is 31.4 Å². The summed E-state index contributed by atoms with van der Waals surface area (Å²) in [5.74, 6) is 1.99. The Balaban J connectivity index is 1.37. The van der Waals surface area contributed by atoms with Crippen molar-refractivity contribution >= 4 is 16.8 Å². The fourth-order valence-corrected chi connectivity index (χ4v) is 4.00. The summed E-state index contributed by atoms with van der Waals surface area (Å²) in [6.07, 6.45) is 8.19. The Hall–Kier alpha value is -3.08. The van der Waals surface area contributed by atoms with Crippen molar-refractivity contribution in [1.82, 2.24) is 10.3 Å². The molecule has 5 nitrogen and oxygen atoms in total. The average Bonchev–Trinajstić information content (AvgIpc) is 2.81.